The van der Waals surface area contributed by atoms with Crippen molar-refractivity contribution in [1.29, 1.82) is 0 Å². The lowest BCUT2D eigenvalue weighted by atomic mass is 10.1. The molecule has 2 aromatic rings. The van der Waals surface area contributed by atoms with Crippen LogP contribution in [0.2, 0.25) is 0 Å². The Hall–Kier alpha value is -1.75. The Kier molecular flexibility index (Phi) is 1.92. The lowest BCUT2D eigenvalue weighted by molar-refractivity contribution is 0.597. The van der Waals surface area contributed by atoms with E-state index in [1.807, 2.05) is 0 Å². The molecule has 0 bridgehead atoms. The molecule has 0 unspecified atom stereocenters. The molecule has 2 nitrogen and oxygen atoms in total. The molecule has 0 amide bonds. The van der Waals surface area contributed by atoms with Crippen LogP contribution in [-0.4, -0.2) is 8.42 Å². The predicted octanol–water partition coefficient (Wildman–Crippen LogP) is 2.78. The molecule has 0 aliphatic carbocycles. The fraction of sp³-hybridized carbons (Fsp3) is 0. The standard InChI is InChI=1S/C12H6F2O2S/c13-7-1-3-11-9(5-7)10-6-8(14)2-4-12(10)17(11,15)16/h1-6H. The van der Waals surface area contributed by atoms with Crippen LogP contribution < -0.4 is 0 Å². The van der Waals surface area contributed by atoms with Gasteiger partial charge in [0.25, 0.3) is 0 Å². The van der Waals surface area contributed by atoms with Gasteiger partial charge >= 0.3 is 0 Å². The van der Waals surface area contributed by atoms with Crippen molar-refractivity contribution < 1.29 is 17.2 Å². The zero-order chi connectivity index (χ0) is 12.2. The Bertz CT molecular complexity index is 679. The molecule has 1 aliphatic rings. The molecule has 17 heavy (non-hydrogen) atoms. The van der Waals surface area contributed by atoms with Crippen LogP contribution in [0.25, 0.3) is 11.1 Å². The summed E-state index contributed by atoms with van der Waals surface area (Å²) in [6.45, 7) is 0. The van der Waals surface area contributed by atoms with Crippen LogP contribution in [0.1, 0.15) is 0 Å². The first-order chi connectivity index (χ1) is 8.00. The van der Waals surface area contributed by atoms with E-state index in [-0.39, 0.29) is 20.9 Å². The second-order valence-corrected chi connectivity index (χ2v) is 5.67. The van der Waals surface area contributed by atoms with Gasteiger partial charge in [-0.25, -0.2) is 17.2 Å². The Morgan fingerprint density at radius 1 is 0.765 bits per heavy atom. The second-order valence-electron chi connectivity index (χ2n) is 3.78. The average molecular weight is 252 g/mol. The van der Waals surface area contributed by atoms with Crippen LogP contribution >= 0.6 is 0 Å². The zero-order valence-electron chi connectivity index (χ0n) is 8.44. The summed E-state index contributed by atoms with van der Waals surface area (Å²) in [7, 11) is -3.63. The molecule has 0 saturated carbocycles. The summed E-state index contributed by atoms with van der Waals surface area (Å²) in [6.07, 6.45) is 0. The molecule has 1 aliphatic heterocycles. The maximum atomic E-state index is 13.1. The molecule has 2 aromatic carbocycles. The highest BCUT2D eigenvalue weighted by Gasteiger charge is 2.33. The highest BCUT2D eigenvalue weighted by molar-refractivity contribution is 7.92. The lowest BCUT2D eigenvalue weighted by Gasteiger charge is -1.98. The molecule has 0 radical (unpaired) electrons. The first-order valence-corrected chi connectivity index (χ1v) is 6.33. The molecular formula is C12H6F2O2S. The van der Waals surface area contributed by atoms with Crippen LogP contribution in [0.5, 0.6) is 0 Å². The third kappa shape index (κ3) is 1.32. The van der Waals surface area contributed by atoms with Gasteiger partial charge in [-0.3, -0.25) is 0 Å². The van der Waals surface area contributed by atoms with Crippen molar-refractivity contribution in [3.05, 3.63) is 48.0 Å². The van der Waals surface area contributed by atoms with E-state index >= 15 is 0 Å². The number of fused-ring (bicyclic) bond motifs is 3. The topological polar surface area (TPSA) is 34.1 Å². The van der Waals surface area contributed by atoms with Crippen molar-refractivity contribution in [3.8, 4) is 11.1 Å². The number of benzene rings is 2. The molecular weight excluding hydrogens is 246 g/mol. The highest BCUT2D eigenvalue weighted by atomic mass is 32.2. The Morgan fingerprint density at radius 3 is 1.59 bits per heavy atom. The van der Waals surface area contributed by atoms with E-state index < -0.39 is 21.5 Å². The van der Waals surface area contributed by atoms with E-state index in [1.54, 1.807) is 0 Å². The number of rotatable bonds is 0. The third-order valence-electron chi connectivity index (χ3n) is 2.75. The van der Waals surface area contributed by atoms with Gasteiger partial charge in [-0.05, 0) is 36.4 Å². The van der Waals surface area contributed by atoms with Crippen LogP contribution in [-0.2, 0) is 9.84 Å². The van der Waals surface area contributed by atoms with Crippen molar-refractivity contribution in [1.82, 2.24) is 0 Å². The van der Waals surface area contributed by atoms with Gasteiger partial charge in [-0.1, -0.05) is 0 Å². The van der Waals surface area contributed by atoms with Crippen LogP contribution in [0.3, 0.4) is 0 Å². The zero-order valence-corrected chi connectivity index (χ0v) is 9.26. The van der Waals surface area contributed by atoms with Crippen molar-refractivity contribution in [3.63, 3.8) is 0 Å². The minimum Gasteiger partial charge on any atom is -0.218 e. The second kappa shape index (κ2) is 3.13. The molecule has 1 heterocycles. The van der Waals surface area contributed by atoms with E-state index in [4.69, 9.17) is 0 Å². The first-order valence-electron chi connectivity index (χ1n) is 4.85. The summed E-state index contributed by atoms with van der Waals surface area (Å²) in [5.74, 6) is -1.09. The van der Waals surface area contributed by atoms with Gasteiger partial charge in [0.15, 0.2) is 0 Å². The molecule has 5 heteroatoms. The summed E-state index contributed by atoms with van der Waals surface area (Å²) < 4.78 is 50.3. The van der Waals surface area contributed by atoms with Gasteiger partial charge in [0, 0.05) is 11.1 Å². The maximum Gasteiger partial charge on any atom is 0.207 e. The van der Waals surface area contributed by atoms with Gasteiger partial charge in [-0.2, -0.15) is 0 Å². The summed E-state index contributed by atoms with van der Waals surface area (Å²) >= 11 is 0. The SMILES string of the molecule is O=S1(=O)c2ccc(F)cc2-c2cc(F)ccc21. The summed E-state index contributed by atoms with van der Waals surface area (Å²) in [5, 5.41) is 0. The minimum absolute atomic E-state index is 0.0273. The van der Waals surface area contributed by atoms with E-state index in [1.165, 1.54) is 12.1 Å². The summed E-state index contributed by atoms with van der Waals surface area (Å²) in [4.78, 5) is 0.0546. The quantitative estimate of drug-likeness (QED) is 0.576. The monoisotopic (exact) mass is 252 g/mol. The first kappa shape index (κ1) is 10.4. The minimum atomic E-state index is -3.63. The largest absolute Gasteiger partial charge is 0.218 e. The highest BCUT2D eigenvalue weighted by Crippen LogP contribution is 2.43. The van der Waals surface area contributed by atoms with E-state index in [2.05, 4.69) is 0 Å². The van der Waals surface area contributed by atoms with Crippen molar-refractivity contribution in [2.75, 3.05) is 0 Å². The predicted molar refractivity (Wildman–Crippen MR) is 57.2 cm³/mol. The van der Waals surface area contributed by atoms with Crippen LogP contribution in [0.15, 0.2) is 46.2 Å². The van der Waals surface area contributed by atoms with Crippen molar-refractivity contribution in [2.45, 2.75) is 9.79 Å². The summed E-state index contributed by atoms with van der Waals surface area (Å²) in [6, 6.07) is 6.80. The van der Waals surface area contributed by atoms with Gasteiger partial charge < -0.3 is 0 Å². The van der Waals surface area contributed by atoms with Gasteiger partial charge in [0.1, 0.15) is 11.6 Å². The molecule has 86 valence electrons. The van der Waals surface area contributed by atoms with E-state index in [9.17, 15) is 17.2 Å². The lowest BCUT2D eigenvalue weighted by Crippen LogP contribution is -1.96. The Labute approximate surface area is 96.4 Å². The molecule has 0 N–H and O–H groups in total. The van der Waals surface area contributed by atoms with E-state index in [0.717, 1.165) is 24.3 Å². The normalized spacial score (nSPS) is 15.4. The number of sulfone groups is 1. The smallest absolute Gasteiger partial charge is 0.207 e. The van der Waals surface area contributed by atoms with Crippen molar-refractivity contribution in [2.24, 2.45) is 0 Å². The van der Waals surface area contributed by atoms with Gasteiger partial charge in [-0.15, -0.1) is 0 Å². The van der Waals surface area contributed by atoms with Gasteiger partial charge in [0.05, 0.1) is 9.79 Å². The molecule has 3 rings (SSSR count). The Balaban J connectivity index is 2.48. The molecule has 0 spiro atoms. The summed E-state index contributed by atoms with van der Waals surface area (Å²) in [5.41, 5.74) is 0.444. The number of hydrogen-bond acceptors (Lipinski definition) is 2. The number of halogens is 2. The average Bonchev–Trinajstić information content (AvgIpc) is 2.47. The van der Waals surface area contributed by atoms with E-state index in [0.29, 0.717) is 0 Å². The fourth-order valence-corrected chi connectivity index (χ4v) is 3.66. The van der Waals surface area contributed by atoms with Crippen molar-refractivity contribution >= 4 is 9.84 Å². The molecule has 0 aromatic heterocycles. The van der Waals surface area contributed by atoms with Crippen LogP contribution in [0.4, 0.5) is 8.78 Å². The number of hydrogen-bond donors (Lipinski definition) is 0. The maximum absolute atomic E-state index is 13.1. The Morgan fingerprint density at radius 2 is 1.18 bits per heavy atom. The molecule has 0 saturated heterocycles. The van der Waals surface area contributed by atoms with Gasteiger partial charge in [0.2, 0.25) is 9.84 Å². The fourth-order valence-electron chi connectivity index (χ4n) is 2.01. The molecule has 0 fully saturated rings. The van der Waals surface area contributed by atoms with Crippen LogP contribution in [0, 0.1) is 11.6 Å². The third-order valence-corrected chi connectivity index (χ3v) is 4.62. The molecule has 0 atom stereocenters.